The summed E-state index contributed by atoms with van der Waals surface area (Å²) in [6, 6.07) is 17.5. The molecule has 0 aliphatic carbocycles. The van der Waals surface area contributed by atoms with Gasteiger partial charge in [0.15, 0.2) is 0 Å². The summed E-state index contributed by atoms with van der Waals surface area (Å²) < 4.78 is 5.97. The maximum Gasteiger partial charge on any atom is 0.232 e. The molecule has 2 aromatic carbocycles. The van der Waals surface area contributed by atoms with Gasteiger partial charge in [0.2, 0.25) is 5.91 Å². The number of aliphatic hydroxyl groups excluding tert-OH is 1. The fourth-order valence-corrected chi connectivity index (χ4v) is 4.55. The standard InChI is InChI=1S/C23H23NO3S/c25-13-10-16(17-11-14-28-15-17)9-12-24-23(26)22-18-5-1-3-7-20(18)27-21-8-4-2-6-19(21)22/h1-8,11,14-16,22,25H,9-10,12-13H2,(H,24,26)/t16-/m0/s1. The van der Waals surface area contributed by atoms with Crippen molar-refractivity contribution in [3.8, 4) is 11.5 Å². The van der Waals surface area contributed by atoms with E-state index in [1.807, 2.05) is 53.9 Å². The van der Waals surface area contributed by atoms with Crippen LogP contribution in [-0.4, -0.2) is 24.2 Å². The number of benzene rings is 2. The lowest BCUT2D eigenvalue weighted by atomic mass is 9.87. The third kappa shape index (κ3) is 3.81. The molecule has 0 saturated heterocycles. The van der Waals surface area contributed by atoms with Gasteiger partial charge in [-0.25, -0.2) is 0 Å². The summed E-state index contributed by atoms with van der Waals surface area (Å²) in [5, 5.41) is 16.6. The van der Waals surface area contributed by atoms with E-state index in [4.69, 9.17) is 4.74 Å². The van der Waals surface area contributed by atoms with Crippen molar-refractivity contribution < 1.29 is 14.6 Å². The van der Waals surface area contributed by atoms with E-state index in [2.05, 4.69) is 16.8 Å². The zero-order chi connectivity index (χ0) is 19.3. The minimum Gasteiger partial charge on any atom is -0.457 e. The highest BCUT2D eigenvalue weighted by atomic mass is 32.1. The Morgan fingerprint density at radius 3 is 2.32 bits per heavy atom. The van der Waals surface area contributed by atoms with Crippen LogP contribution in [0.1, 0.15) is 41.4 Å². The van der Waals surface area contributed by atoms with Crippen LogP contribution in [0.3, 0.4) is 0 Å². The van der Waals surface area contributed by atoms with Crippen LogP contribution in [0.5, 0.6) is 11.5 Å². The molecule has 0 fully saturated rings. The molecular weight excluding hydrogens is 370 g/mol. The van der Waals surface area contributed by atoms with E-state index in [0.29, 0.717) is 13.0 Å². The van der Waals surface area contributed by atoms with Crippen LogP contribution < -0.4 is 10.1 Å². The van der Waals surface area contributed by atoms with Crippen molar-refractivity contribution in [2.75, 3.05) is 13.2 Å². The molecule has 1 aliphatic rings. The van der Waals surface area contributed by atoms with Crippen molar-refractivity contribution in [2.45, 2.75) is 24.7 Å². The number of ether oxygens (including phenoxy) is 1. The molecule has 28 heavy (non-hydrogen) atoms. The predicted octanol–water partition coefficient (Wildman–Crippen LogP) is 4.66. The van der Waals surface area contributed by atoms with Gasteiger partial charge in [-0.3, -0.25) is 4.79 Å². The Balaban J connectivity index is 1.49. The molecule has 144 valence electrons. The fourth-order valence-electron chi connectivity index (χ4n) is 3.80. The molecule has 4 nitrogen and oxygen atoms in total. The lowest BCUT2D eigenvalue weighted by Gasteiger charge is -2.27. The third-order valence-electron chi connectivity index (χ3n) is 5.23. The van der Waals surface area contributed by atoms with E-state index in [1.54, 1.807) is 11.3 Å². The van der Waals surface area contributed by atoms with Crippen molar-refractivity contribution in [2.24, 2.45) is 0 Å². The zero-order valence-electron chi connectivity index (χ0n) is 15.5. The summed E-state index contributed by atoms with van der Waals surface area (Å²) in [6.07, 6.45) is 1.51. The average Bonchev–Trinajstić information content (AvgIpc) is 3.26. The lowest BCUT2D eigenvalue weighted by molar-refractivity contribution is -0.121. The van der Waals surface area contributed by atoms with Gasteiger partial charge < -0.3 is 15.2 Å². The Kier molecular flexibility index (Phi) is 5.74. The van der Waals surface area contributed by atoms with Gasteiger partial charge in [0, 0.05) is 24.3 Å². The number of nitrogens with one attached hydrogen (secondary N) is 1. The molecule has 2 heterocycles. The van der Waals surface area contributed by atoms with Gasteiger partial charge in [0.05, 0.1) is 5.92 Å². The van der Waals surface area contributed by atoms with E-state index in [0.717, 1.165) is 29.0 Å². The molecule has 2 N–H and O–H groups in total. The van der Waals surface area contributed by atoms with E-state index in [-0.39, 0.29) is 24.3 Å². The first-order valence-corrected chi connectivity index (χ1v) is 10.5. The van der Waals surface area contributed by atoms with Crippen LogP contribution in [0.25, 0.3) is 0 Å². The van der Waals surface area contributed by atoms with E-state index < -0.39 is 0 Å². The maximum absolute atomic E-state index is 13.1. The van der Waals surface area contributed by atoms with E-state index in [9.17, 15) is 9.90 Å². The smallest absolute Gasteiger partial charge is 0.232 e. The minimum atomic E-state index is -0.376. The monoisotopic (exact) mass is 393 g/mol. The lowest BCUT2D eigenvalue weighted by Crippen LogP contribution is -2.32. The van der Waals surface area contributed by atoms with Gasteiger partial charge in [-0.15, -0.1) is 0 Å². The topological polar surface area (TPSA) is 58.6 Å². The van der Waals surface area contributed by atoms with Crippen LogP contribution in [-0.2, 0) is 4.79 Å². The second kappa shape index (κ2) is 8.59. The molecule has 0 bridgehead atoms. The van der Waals surface area contributed by atoms with Crippen LogP contribution in [0, 0.1) is 0 Å². The molecule has 1 atom stereocenters. The predicted molar refractivity (Wildman–Crippen MR) is 111 cm³/mol. The Bertz CT molecular complexity index is 893. The number of carbonyl (C=O) groups is 1. The molecule has 0 saturated carbocycles. The fraction of sp³-hybridized carbons (Fsp3) is 0.261. The molecule has 3 aromatic rings. The van der Waals surface area contributed by atoms with Gasteiger partial charge in [0.1, 0.15) is 11.5 Å². The van der Waals surface area contributed by atoms with Gasteiger partial charge >= 0.3 is 0 Å². The minimum absolute atomic E-state index is 0.0173. The number of para-hydroxylation sites is 2. The largest absolute Gasteiger partial charge is 0.457 e. The van der Waals surface area contributed by atoms with Gasteiger partial charge in [-0.1, -0.05) is 36.4 Å². The third-order valence-corrected chi connectivity index (χ3v) is 5.93. The second-order valence-electron chi connectivity index (χ2n) is 6.96. The number of aliphatic hydroxyl groups is 1. The number of thiophene rings is 1. The first kappa shape index (κ1) is 18.7. The molecular formula is C23H23NO3S. The summed E-state index contributed by atoms with van der Waals surface area (Å²) >= 11 is 1.66. The highest BCUT2D eigenvalue weighted by Gasteiger charge is 2.32. The Morgan fingerprint density at radius 2 is 1.71 bits per heavy atom. The number of rotatable bonds is 7. The Morgan fingerprint density at radius 1 is 1.04 bits per heavy atom. The maximum atomic E-state index is 13.1. The summed E-state index contributed by atoms with van der Waals surface area (Å²) in [5.74, 6) is 1.33. The quantitative estimate of drug-likeness (QED) is 0.614. The second-order valence-corrected chi connectivity index (χ2v) is 7.74. The van der Waals surface area contributed by atoms with Crippen molar-refractivity contribution in [3.63, 3.8) is 0 Å². The molecule has 1 aliphatic heterocycles. The van der Waals surface area contributed by atoms with Crippen molar-refractivity contribution in [1.82, 2.24) is 5.32 Å². The SMILES string of the molecule is O=C(NCC[C@@H](CCO)c1ccsc1)C1c2ccccc2Oc2ccccc21. The number of hydrogen-bond donors (Lipinski definition) is 2. The molecule has 1 amide bonds. The number of amides is 1. The molecule has 0 radical (unpaired) electrons. The summed E-state index contributed by atoms with van der Waals surface area (Å²) in [7, 11) is 0. The molecule has 0 unspecified atom stereocenters. The highest BCUT2D eigenvalue weighted by molar-refractivity contribution is 7.07. The molecule has 5 heteroatoms. The summed E-state index contributed by atoms with van der Waals surface area (Å²) in [4.78, 5) is 13.1. The molecule has 4 rings (SSSR count). The number of hydrogen-bond acceptors (Lipinski definition) is 4. The zero-order valence-corrected chi connectivity index (χ0v) is 16.3. The number of fused-ring (bicyclic) bond motifs is 2. The van der Waals surface area contributed by atoms with Crippen molar-refractivity contribution in [1.29, 1.82) is 0 Å². The van der Waals surface area contributed by atoms with Gasteiger partial charge in [0.25, 0.3) is 0 Å². The molecule has 1 aromatic heterocycles. The number of carbonyl (C=O) groups excluding carboxylic acids is 1. The van der Waals surface area contributed by atoms with Crippen LogP contribution >= 0.6 is 11.3 Å². The van der Waals surface area contributed by atoms with Crippen LogP contribution in [0.4, 0.5) is 0 Å². The first-order chi connectivity index (χ1) is 13.8. The normalized spacial score (nSPS) is 13.9. The first-order valence-electron chi connectivity index (χ1n) is 9.54. The van der Waals surface area contributed by atoms with Crippen LogP contribution in [0.15, 0.2) is 65.4 Å². The average molecular weight is 394 g/mol. The van der Waals surface area contributed by atoms with E-state index >= 15 is 0 Å². The Labute approximate surface area is 168 Å². The van der Waals surface area contributed by atoms with E-state index in [1.165, 1.54) is 5.56 Å². The highest BCUT2D eigenvalue weighted by Crippen LogP contribution is 2.43. The summed E-state index contributed by atoms with van der Waals surface area (Å²) in [6.45, 7) is 0.718. The van der Waals surface area contributed by atoms with Gasteiger partial charge in [-0.2, -0.15) is 11.3 Å². The van der Waals surface area contributed by atoms with Crippen LogP contribution in [0.2, 0.25) is 0 Å². The summed E-state index contributed by atoms with van der Waals surface area (Å²) in [5.41, 5.74) is 3.02. The molecule has 0 spiro atoms. The Hall–Kier alpha value is -2.63. The van der Waals surface area contributed by atoms with Crippen molar-refractivity contribution >= 4 is 17.2 Å². The van der Waals surface area contributed by atoms with Crippen molar-refractivity contribution in [3.05, 3.63) is 82.0 Å². The van der Waals surface area contributed by atoms with Gasteiger partial charge in [-0.05, 0) is 53.3 Å².